The van der Waals surface area contributed by atoms with Crippen LogP contribution in [0.5, 0.6) is 11.5 Å². The fourth-order valence-electron chi connectivity index (χ4n) is 2.44. The fraction of sp³-hybridized carbons (Fsp3) is 0.0952. The zero-order valence-electron chi connectivity index (χ0n) is 14.1. The van der Waals surface area contributed by atoms with Crippen LogP contribution in [0.4, 0.5) is 0 Å². The number of ether oxygens (including phenoxy) is 1. The molecule has 0 unspecified atom stereocenters. The van der Waals surface area contributed by atoms with E-state index in [2.05, 4.69) is 5.32 Å². The summed E-state index contributed by atoms with van der Waals surface area (Å²) in [5, 5.41) is 3.90. The van der Waals surface area contributed by atoms with E-state index in [1.165, 1.54) is 0 Å². The zero-order chi connectivity index (χ0) is 18.5. The first-order valence-corrected chi connectivity index (χ1v) is 8.87. The molecule has 3 aromatic carbocycles. The molecule has 0 fully saturated rings. The minimum absolute atomic E-state index is 0.171. The van der Waals surface area contributed by atoms with Gasteiger partial charge in [-0.15, -0.1) is 0 Å². The van der Waals surface area contributed by atoms with Crippen molar-refractivity contribution in [2.24, 2.45) is 0 Å². The molecule has 0 aliphatic heterocycles. The first-order valence-electron chi connectivity index (χ1n) is 8.12. The summed E-state index contributed by atoms with van der Waals surface area (Å²) in [5.74, 6) is 1.25. The molecule has 1 atom stereocenters. The molecule has 5 heteroatoms. The number of rotatable bonds is 5. The van der Waals surface area contributed by atoms with Gasteiger partial charge in [0.05, 0.1) is 16.1 Å². The molecule has 0 saturated heterocycles. The summed E-state index contributed by atoms with van der Waals surface area (Å²) < 4.78 is 5.73. The third-order valence-electron chi connectivity index (χ3n) is 3.89. The number of benzene rings is 3. The third kappa shape index (κ3) is 4.57. The van der Waals surface area contributed by atoms with Gasteiger partial charge >= 0.3 is 0 Å². The number of carbonyl (C=O) groups is 1. The Balaban J connectivity index is 1.65. The van der Waals surface area contributed by atoms with Gasteiger partial charge in [0, 0.05) is 5.56 Å². The Hall–Kier alpha value is -2.49. The van der Waals surface area contributed by atoms with E-state index in [1.54, 1.807) is 36.4 Å². The molecule has 1 N–H and O–H groups in total. The van der Waals surface area contributed by atoms with Crippen LogP contribution in [0.1, 0.15) is 28.9 Å². The quantitative estimate of drug-likeness (QED) is 0.561. The van der Waals surface area contributed by atoms with Crippen LogP contribution in [-0.4, -0.2) is 5.91 Å². The van der Waals surface area contributed by atoms with E-state index in [9.17, 15) is 4.79 Å². The molecule has 3 aromatic rings. The molecule has 0 bridgehead atoms. The lowest BCUT2D eigenvalue weighted by Gasteiger charge is -2.15. The summed E-state index contributed by atoms with van der Waals surface area (Å²) >= 11 is 12.0. The van der Waals surface area contributed by atoms with Crippen LogP contribution in [0.15, 0.2) is 72.8 Å². The van der Waals surface area contributed by atoms with Gasteiger partial charge in [-0.25, -0.2) is 0 Å². The highest BCUT2D eigenvalue weighted by molar-refractivity contribution is 6.42. The van der Waals surface area contributed by atoms with Crippen LogP contribution in [-0.2, 0) is 0 Å². The van der Waals surface area contributed by atoms with E-state index in [4.69, 9.17) is 27.9 Å². The monoisotopic (exact) mass is 385 g/mol. The van der Waals surface area contributed by atoms with Crippen LogP contribution >= 0.6 is 23.2 Å². The second-order valence-corrected chi connectivity index (χ2v) is 6.62. The number of hydrogen-bond donors (Lipinski definition) is 1. The van der Waals surface area contributed by atoms with Gasteiger partial charge in [0.2, 0.25) is 0 Å². The topological polar surface area (TPSA) is 38.3 Å². The van der Waals surface area contributed by atoms with Crippen LogP contribution in [0.25, 0.3) is 0 Å². The number of carbonyl (C=O) groups excluding carboxylic acids is 1. The molecule has 0 heterocycles. The number of amides is 1. The van der Waals surface area contributed by atoms with Crippen molar-refractivity contribution in [3.63, 3.8) is 0 Å². The Bertz CT molecular complexity index is 896. The lowest BCUT2D eigenvalue weighted by atomic mass is 10.1. The zero-order valence-corrected chi connectivity index (χ0v) is 15.6. The van der Waals surface area contributed by atoms with Crippen molar-refractivity contribution in [2.45, 2.75) is 13.0 Å². The summed E-state index contributed by atoms with van der Waals surface area (Å²) in [4.78, 5) is 12.4. The molecule has 132 valence electrons. The number of para-hydroxylation sites is 1. The normalized spacial score (nSPS) is 11.7. The summed E-state index contributed by atoms with van der Waals surface area (Å²) in [7, 11) is 0. The van der Waals surface area contributed by atoms with E-state index in [0.717, 1.165) is 11.3 Å². The highest BCUT2D eigenvalue weighted by Gasteiger charge is 2.13. The summed E-state index contributed by atoms with van der Waals surface area (Å²) in [6.07, 6.45) is 0. The minimum atomic E-state index is -0.197. The Kier molecular flexibility index (Phi) is 5.82. The summed E-state index contributed by atoms with van der Waals surface area (Å²) in [6.45, 7) is 1.89. The van der Waals surface area contributed by atoms with Gasteiger partial charge in [0.25, 0.3) is 5.91 Å². The number of nitrogens with one attached hydrogen (secondary N) is 1. The van der Waals surface area contributed by atoms with E-state index in [0.29, 0.717) is 21.4 Å². The first-order chi connectivity index (χ1) is 12.5. The van der Waals surface area contributed by atoms with E-state index in [1.807, 2.05) is 43.3 Å². The molecule has 0 saturated carbocycles. The summed E-state index contributed by atoms with van der Waals surface area (Å²) in [6, 6.07) is 21.6. The molecule has 1 amide bonds. The Morgan fingerprint density at radius 2 is 1.54 bits per heavy atom. The van der Waals surface area contributed by atoms with E-state index in [-0.39, 0.29) is 11.9 Å². The molecule has 26 heavy (non-hydrogen) atoms. The van der Waals surface area contributed by atoms with Gasteiger partial charge in [-0.05, 0) is 61.0 Å². The van der Waals surface area contributed by atoms with Crippen LogP contribution in [0.3, 0.4) is 0 Å². The Morgan fingerprint density at radius 1 is 0.885 bits per heavy atom. The summed E-state index contributed by atoms with van der Waals surface area (Å²) in [5.41, 5.74) is 1.44. The van der Waals surface area contributed by atoms with Gasteiger partial charge in [-0.1, -0.05) is 47.5 Å². The maximum absolute atomic E-state index is 12.4. The van der Waals surface area contributed by atoms with E-state index >= 15 is 0 Å². The van der Waals surface area contributed by atoms with Gasteiger partial charge in [0.1, 0.15) is 11.5 Å². The van der Waals surface area contributed by atoms with Crippen LogP contribution < -0.4 is 10.1 Å². The predicted molar refractivity (Wildman–Crippen MR) is 105 cm³/mol. The van der Waals surface area contributed by atoms with Crippen LogP contribution in [0, 0.1) is 0 Å². The van der Waals surface area contributed by atoms with Crippen molar-refractivity contribution >= 4 is 29.1 Å². The molecule has 0 aromatic heterocycles. The Labute approximate surface area is 162 Å². The highest BCUT2D eigenvalue weighted by atomic mass is 35.5. The number of hydrogen-bond acceptors (Lipinski definition) is 2. The standard InChI is InChI=1S/C21H17Cl2NO2/c1-14(16-9-12-19(22)20(23)13-16)24-21(25)15-7-10-18(11-8-15)26-17-5-3-2-4-6-17/h2-14H,1H3,(H,24,25)/t14-/m1/s1. The second kappa shape index (κ2) is 8.26. The van der Waals surface area contributed by atoms with Crippen molar-refractivity contribution in [2.75, 3.05) is 0 Å². The van der Waals surface area contributed by atoms with E-state index < -0.39 is 0 Å². The number of halogens is 2. The first kappa shape index (κ1) is 18.3. The maximum atomic E-state index is 12.4. The Morgan fingerprint density at radius 3 is 2.19 bits per heavy atom. The fourth-order valence-corrected chi connectivity index (χ4v) is 2.75. The van der Waals surface area contributed by atoms with Gasteiger partial charge in [-0.2, -0.15) is 0 Å². The third-order valence-corrected chi connectivity index (χ3v) is 4.63. The van der Waals surface area contributed by atoms with Crippen molar-refractivity contribution in [1.29, 1.82) is 0 Å². The SMILES string of the molecule is C[C@@H](NC(=O)c1ccc(Oc2ccccc2)cc1)c1ccc(Cl)c(Cl)c1. The average Bonchev–Trinajstić information content (AvgIpc) is 2.65. The predicted octanol–water partition coefficient (Wildman–Crippen LogP) is 6.28. The van der Waals surface area contributed by atoms with Gasteiger partial charge in [0.15, 0.2) is 0 Å². The molecule has 0 radical (unpaired) electrons. The molecule has 0 aliphatic rings. The lowest BCUT2D eigenvalue weighted by molar-refractivity contribution is 0.0940. The van der Waals surface area contributed by atoms with Crippen molar-refractivity contribution in [3.05, 3.63) is 94.0 Å². The molecular weight excluding hydrogens is 369 g/mol. The van der Waals surface area contributed by atoms with Crippen molar-refractivity contribution in [3.8, 4) is 11.5 Å². The smallest absolute Gasteiger partial charge is 0.251 e. The van der Waals surface area contributed by atoms with Crippen molar-refractivity contribution in [1.82, 2.24) is 5.32 Å². The van der Waals surface area contributed by atoms with Crippen molar-refractivity contribution < 1.29 is 9.53 Å². The van der Waals surface area contributed by atoms with Crippen LogP contribution in [0.2, 0.25) is 10.0 Å². The second-order valence-electron chi connectivity index (χ2n) is 5.81. The molecular formula is C21H17Cl2NO2. The minimum Gasteiger partial charge on any atom is -0.457 e. The largest absolute Gasteiger partial charge is 0.457 e. The lowest BCUT2D eigenvalue weighted by Crippen LogP contribution is -2.26. The highest BCUT2D eigenvalue weighted by Crippen LogP contribution is 2.26. The van der Waals surface area contributed by atoms with Gasteiger partial charge < -0.3 is 10.1 Å². The molecule has 0 spiro atoms. The maximum Gasteiger partial charge on any atom is 0.251 e. The molecule has 3 nitrogen and oxygen atoms in total. The van der Waals surface area contributed by atoms with Gasteiger partial charge in [-0.3, -0.25) is 4.79 Å². The average molecular weight is 386 g/mol. The molecule has 0 aliphatic carbocycles. The molecule has 3 rings (SSSR count).